The average molecular weight is 488 g/mol. The molecule has 36 heavy (non-hydrogen) atoms. The lowest BCUT2D eigenvalue weighted by molar-refractivity contribution is -0.132. The van der Waals surface area contributed by atoms with Crippen molar-refractivity contribution in [2.24, 2.45) is 0 Å². The number of rotatable bonds is 6. The number of hydrogen-bond donors (Lipinski definition) is 2. The molecule has 3 aromatic rings. The molecule has 1 aliphatic rings. The SMILES string of the molecule is COc1cccc(C2/C(=C(\O)c3cc(C(C)C)c(OC)cc3C)C(=O)C(=O)N2c2ccccc2O)c1. The third-order valence-corrected chi connectivity index (χ3v) is 6.45. The molecule has 1 fully saturated rings. The van der Waals surface area contributed by atoms with E-state index >= 15 is 0 Å². The quantitative estimate of drug-likeness (QED) is 0.272. The largest absolute Gasteiger partial charge is 0.507 e. The number of methoxy groups -OCH3 is 2. The molecule has 1 saturated heterocycles. The van der Waals surface area contributed by atoms with E-state index in [0.29, 0.717) is 28.2 Å². The van der Waals surface area contributed by atoms with Crippen LogP contribution in [0, 0.1) is 6.92 Å². The highest BCUT2D eigenvalue weighted by molar-refractivity contribution is 6.52. The van der Waals surface area contributed by atoms with Crippen molar-refractivity contribution in [2.75, 3.05) is 19.1 Å². The number of carbonyl (C=O) groups excluding carboxylic acids is 2. The zero-order chi connectivity index (χ0) is 26.1. The summed E-state index contributed by atoms with van der Waals surface area (Å²) in [5.74, 6) is -0.844. The molecular formula is C29H29NO6. The lowest BCUT2D eigenvalue weighted by Crippen LogP contribution is -2.29. The fourth-order valence-corrected chi connectivity index (χ4v) is 4.60. The van der Waals surface area contributed by atoms with Crippen LogP contribution >= 0.6 is 0 Å². The molecule has 186 valence electrons. The second-order valence-corrected chi connectivity index (χ2v) is 9.00. The van der Waals surface area contributed by atoms with Crippen LogP contribution in [0.5, 0.6) is 17.2 Å². The number of nitrogens with zero attached hydrogens (tertiary/aromatic N) is 1. The highest BCUT2D eigenvalue weighted by atomic mass is 16.5. The van der Waals surface area contributed by atoms with Gasteiger partial charge in [0.2, 0.25) is 0 Å². The van der Waals surface area contributed by atoms with Gasteiger partial charge in [0.25, 0.3) is 11.7 Å². The third-order valence-electron chi connectivity index (χ3n) is 6.45. The van der Waals surface area contributed by atoms with E-state index in [4.69, 9.17) is 9.47 Å². The molecule has 1 heterocycles. The topological polar surface area (TPSA) is 96.3 Å². The summed E-state index contributed by atoms with van der Waals surface area (Å²) < 4.78 is 10.9. The number of aryl methyl sites for hydroxylation is 1. The number of ketones is 1. The lowest BCUT2D eigenvalue weighted by atomic mass is 9.91. The van der Waals surface area contributed by atoms with Gasteiger partial charge in [-0.2, -0.15) is 0 Å². The smallest absolute Gasteiger partial charge is 0.300 e. The van der Waals surface area contributed by atoms with Gasteiger partial charge in [0.05, 0.1) is 31.5 Å². The number of para-hydroxylation sites is 2. The Kier molecular flexibility index (Phi) is 6.75. The van der Waals surface area contributed by atoms with Crippen molar-refractivity contribution < 1.29 is 29.3 Å². The van der Waals surface area contributed by atoms with Crippen molar-refractivity contribution in [3.63, 3.8) is 0 Å². The molecule has 0 saturated carbocycles. The fourth-order valence-electron chi connectivity index (χ4n) is 4.60. The molecule has 0 bridgehead atoms. The van der Waals surface area contributed by atoms with E-state index in [9.17, 15) is 19.8 Å². The minimum atomic E-state index is -0.989. The van der Waals surface area contributed by atoms with Gasteiger partial charge < -0.3 is 19.7 Å². The molecule has 1 amide bonds. The van der Waals surface area contributed by atoms with Crippen molar-refractivity contribution in [1.29, 1.82) is 0 Å². The fraction of sp³-hybridized carbons (Fsp3) is 0.241. The summed E-state index contributed by atoms with van der Waals surface area (Å²) in [7, 11) is 3.11. The van der Waals surface area contributed by atoms with Gasteiger partial charge in [0.15, 0.2) is 0 Å². The Bertz CT molecular complexity index is 1370. The van der Waals surface area contributed by atoms with Crippen LogP contribution in [0.3, 0.4) is 0 Å². The van der Waals surface area contributed by atoms with Gasteiger partial charge in [-0.25, -0.2) is 0 Å². The van der Waals surface area contributed by atoms with Gasteiger partial charge in [0.1, 0.15) is 23.0 Å². The maximum Gasteiger partial charge on any atom is 0.300 e. The predicted molar refractivity (Wildman–Crippen MR) is 138 cm³/mol. The second kappa shape index (κ2) is 9.77. The first-order chi connectivity index (χ1) is 17.2. The summed E-state index contributed by atoms with van der Waals surface area (Å²) >= 11 is 0. The van der Waals surface area contributed by atoms with Gasteiger partial charge in [-0.15, -0.1) is 0 Å². The Hall–Kier alpha value is -4.26. The highest BCUT2D eigenvalue weighted by Gasteiger charge is 2.48. The Labute approximate surface area is 210 Å². The van der Waals surface area contributed by atoms with Crippen LogP contribution in [-0.2, 0) is 9.59 Å². The van der Waals surface area contributed by atoms with Crippen molar-refractivity contribution in [1.82, 2.24) is 0 Å². The lowest BCUT2D eigenvalue weighted by Gasteiger charge is -2.26. The summed E-state index contributed by atoms with van der Waals surface area (Å²) in [4.78, 5) is 28.1. The van der Waals surface area contributed by atoms with E-state index < -0.39 is 17.7 Å². The maximum absolute atomic E-state index is 13.5. The number of phenols is 1. The molecule has 1 aliphatic heterocycles. The van der Waals surface area contributed by atoms with Gasteiger partial charge in [-0.3, -0.25) is 14.5 Å². The summed E-state index contributed by atoms with van der Waals surface area (Å²) in [6.07, 6.45) is 0. The number of ether oxygens (including phenoxy) is 2. The van der Waals surface area contributed by atoms with E-state index in [1.807, 2.05) is 19.9 Å². The number of phenolic OH excluding ortho intramolecular Hbond substituents is 1. The number of aliphatic hydroxyl groups excluding tert-OH is 1. The number of aromatic hydroxyl groups is 1. The van der Waals surface area contributed by atoms with Crippen molar-refractivity contribution in [3.8, 4) is 17.2 Å². The molecule has 0 radical (unpaired) electrons. The molecular weight excluding hydrogens is 458 g/mol. The second-order valence-electron chi connectivity index (χ2n) is 9.00. The monoisotopic (exact) mass is 487 g/mol. The van der Waals surface area contributed by atoms with Crippen molar-refractivity contribution in [3.05, 3.63) is 88.5 Å². The van der Waals surface area contributed by atoms with E-state index in [1.54, 1.807) is 62.6 Å². The number of benzene rings is 3. The molecule has 4 rings (SSSR count). The normalized spacial score (nSPS) is 17.1. The van der Waals surface area contributed by atoms with E-state index in [-0.39, 0.29) is 28.7 Å². The predicted octanol–water partition coefficient (Wildman–Crippen LogP) is 5.47. The Balaban J connectivity index is 2.02. The molecule has 0 spiro atoms. The minimum Gasteiger partial charge on any atom is -0.507 e. The van der Waals surface area contributed by atoms with Crippen LogP contribution in [0.25, 0.3) is 5.76 Å². The molecule has 3 aromatic carbocycles. The highest BCUT2D eigenvalue weighted by Crippen LogP contribution is 2.46. The van der Waals surface area contributed by atoms with Gasteiger partial charge in [0, 0.05) is 5.56 Å². The summed E-state index contributed by atoms with van der Waals surface area (Å²) in [6.45, 7) is 5.82. The number of aliphatic hydroxyl groups is 1. The van der Waals surface area contributed by atoms with Crippen molar-refractivity contribution >= 4 is 23.1 Å². The van der Waals surface area contributed by atoms with Crippen LogP contribution in [-0.4, -0.2) is 36.1 Å². The molecule has 1 unspecified atom stereocenters. The van der Waals surface area contributed by atoms with Crippen LogP contribution < -0.4 is 14.4 Å². The number of anilines is 1. The molecule has 1 atom stereocenters. The molecule has 2 N–H and O–H groups in total. The van der Waals surface area contributed by atoms with Crippen LogP contribution in [0.4, 0.5) is 5.69 Å². The van der Waals surface area contributed by atoms with Crippen LogP contribution in [0.1, 0.15) is 48.1 Å². The van der Waals surface area contributed by atoms with Crippen LogP contribution in [0.15, 0.2) is 66.2 Å². The first-order valence-corrected chi connectivity index (χ1v) is 11.6. The molecule has 7 nitrogen and oxygen atoms in total. The third kappa shape index (κ3) is 4.17. The first kappa shape index (κ1) is 24.9. The average Bonchev–Trinajstić information content (AvgIpc) is 3.13. The molecule has 0 aliphatic carbocycles. The summed E-state index contributed by atoms with van der Waals surface area (Å²) in [5, 5.41) is 22.2. The zero-order valence-corrected chi connectivity index (χ0v) is 20.9. The summed E-state index contributed by atoms with van der Waals surface area (Å²) in [6, 6.07) is 15.9. The molecule has 7 heteroatoms. The standard InChI is InChI=1S/C29H29NO6/c1-16(2)20-15-21(17(3)13-24(20)36-5)27(32)25-26(18-9-8-10-19(14-18)35-4)30(29(34)28(25)33)22-11-6-7-12-23(22)31/h6-16,26,31-32H,1-5H3/b27-25+. The number of hydrogen-bond acceptors (Lipinski definition) is 6. The zero-order valence-electron chi connectivity index (χ0n) is 20.9. The minimum absolute atomic E-state index is 0.0699. The Morgan fingerprint density at radius 2 is 1.69 bits per heavy atom. The van der Waals surface area contributed by atoms with Crippen LogP contribution in [0.2, 0.25) is 0 Å². The molecule has 0 aromatic heterocycles. The van der Waals surface area contributed by atoms with Gasteiger partial charge in [-0.05, 0) is 65.9 Å². The van der Waals surface area contributed by atoms with Crippen molar-refractivity contribution in [2.45, 2.75) is 32.7 Å². The number of Topliss-reactive ketones (excluding diaryl/α,β-unsaturated/α-hetero) is 1. The Morgan fingerprint density at radius 1 is 0.972 bits per heavy atom. The number of amides is 1. The van der Waals surface area contributed by atoms with Gasteiger partial charge in [-0.1, -0.05) is 38.1 Å². The van der Waals surface area contributed by atoms with Gasteiger partial charge >= 0.3 is 0 Å². The van der Waals surface area contributed by atoms with E-state index in [0.717, 1.165) is 5.56 Å². The van der Waals surface area contributed by atoms with E-state index in [1.165, 1.54) is 18.1 Å². The first-order valence-electron chi connectivity index (χ1n) is 11.6. The number of carbonyl (C=O) groups is 2. The maximum atomic E-state index is 13.5. The Morgan fingerprint density at radius 3 is 2.33 bits per heavy atom. The summed E-state index contributed by atoms with van der Waals surface area (Å²) in [5.41, 5.74) is 2.63. The van der Waals surface area contributed by atoms with E-state index in [2.05, 4.69) is 0 Å².